The molecule has 4 amide bonds. The SMILES string of the molecule is CC(C)CC(NC(=O)N1CC(=O)NC(=O)C1C)C(=O)O. The molecule has 1 rings (SSSR count). The van der Waals surface area contributed by atoms with E-state index in [-0.39, 0.29) is 18.9 Å². The first-order valence-corrected chi connectivity index (χ1v) is 6.36. The maximum atomic E-state index is 12.0. The average molecular weight is 285 g/mol. The fourth-order valence-electron chi connectivity index (χ4n) is 1.89. The number of aliphatic carboxylic acids is 1. The molecule has 2 unspecified atom stereocenters. The van der Waals surface area contributed by atoms with Gasteiger partial charge in [0.1, 0.15) is 18.6 Å². The summed E-state index contributed by atoms with van der Waals surface area (Å²) < 4.78 is 0. The summed E-state index contributed by atoms with van der Waals surface area (Å²) in [6, 6.07) is -2.59. The Kier molecular flexibility index (Phi) is 5.06. The Labute approximate surface area is 116 Å². The molecule has 0 aromatic rings. The number of carboxylic acid groups (broad SMARTS) is 1. The zero-order valence-corrected chi connectivity index (χ0v) is 11.7. The van der Waals surface area contributed by atoms with Gasteiger partial charge in [0.15, 0.2) is 0 Å². The fourth-order valence-corrected chi connectivity index (χ4v) is 1.89. The van der Waals surface area contributed by atoms with Gasteiger partial charge in [0.25, 0.3) is 0 Å². The Morgan fingerprint density at radius 3 is 2.55 bits per heavy atom. The molecule has 1 saturated heterocycles. The van der Waals surface area contributed by atoms with Crippen molar-refractivity contribution in [3.05, 3.63) is 0 Å². The minimum Gasteiger partial charge on any atom is -0.480 e. The van der Waals surface area contributed by atoms with E-state index in [4.69, 9.17) is 5.11 Å². The molecule has 8 heteroatoms. The molecule has 0 aliphatic carbocycles. The summed E-state index contributed by atoms with van der Waals surface area (Å²) in [4.78, 5) is 46.8. The Hall–Kier alpha value is -2.12. The lowest BCUT2D eigenvalue weighted by Gasteiger charge is -2.32. The lowest BCUT2D eigenvalue weighted by atomic mass is 10.0. The Bertz CT molecular complexity index is 435. The van der Waals surface area contributed by atoms with Crippen LogP contribution in [0.15, 0.2) is 0 Å². The third-order valence-corrected chi connectivity index (χ3v) is 2.99. The highest BCUT2D eigenvalue weighted by Gasteiger charge is 2.35. The highest BCUT2D eigenvalue weighted by atomic mass is 16.4. The van der Waals surface area contributed by atoms with Gasteiger partial charge in [-0.2, -0.15) is 0 Å². The van der Waals surface area contributed by atoms with Crippen molar-refractivity contribution in [2.45, 2.75) is 39.3 Å². The van der Waals surface area contributed by atoms with Crippen LogP contribution in [0.5, 0.6) is 0 Å². The molecule has 0 saturated carbocycles. The molecule has 3 N–H and O–H groups in total. The average Bonchev–Trinajstić information content (AvgIpc) is 2.32. The lowest BCUT2D eigenvalue weighted by Crippen LogP contribution is -2.62. The van der Waals surface area contributed by atoms with Crippen molar-refractivity contribution >= 4 is 23.8 Å². The summed E-state index contributed by atoms with van der Waals surface area (Å²) in [5.41, 5.74) is 0. The monoisotopic (exact) mass is 285 g/mol. The summed E-state index contributed by atoms with van der Waals surface area (Å²) >= 11 is 0. The largest absolute Gasteiger partial charge is 0.480 e. The van der Waals surface area contributed by atoms with Crippen LogP contribution in [0.3, 0.4) is 0 Å². The normalized spacial score (nSPS) is 20.6. The van der Waals surface area contributed by atoms with Crippen molar-refractivity contribution in [1.82, 2.24) is 15.5 Å². The second-order valence-corrected chi connectivity index (χ2v) is 5.19. The molecular weight excluding hydrogens is 266 g/mol. The van der Waals surface area contributed by atoms with Crippen LogP contribution in [0.25, 0.3) is 0 Å². The molecule has 8 nitrogen and oxygen atoms in total. The summed E-state index contributed by atoms with van der Waals surface area (Å²) in [5.74, 6) is -2.22. The number of nitrogens with zero attached hydrogens (tertiary/aromatic N) is 1. The number of hydrogen-bond donors (Lipinski definition) is 3. The topological polar surface area (TPSA) is 116 Å². The fraction of sp³-hybridized carbons (Fsp3) is 0.667. The van der Waals surface area contributed by atoms with Crippen molar-refractivity contribution in [1.29, 1.82) is 0 Å². The standard InChI is InChI=1S/C12H19N3O5/c1-6(2)4-8(11(18)19)13-12(20)15-5-9(16)14-10(17)7(15)3/h6-8H,4-5H2,1-3H3,(H,13,20)(H,18,19)(H,14,16,17). The van der Waals surface area contributed by atoms with Crippen LogP contribution in [0.2, 0.25) is 0 Å². The number of hydrogen-bond acceptors (Lipinski definition) is 4. The van der Waals surface area contributed by atoms with Crippen molar-refractivity contribution < 1.29 is 24.3 Å². The van der Waals surface area contributed by atoms with Gasteiger partial charge in [-0.1, -0.05) is 13.8 Å². The summed E-state index contributed by atoms with van der Waals surface area (Å²) in [6.45, 7) is 4.87. The van der Waals surface area contributed by atoms with E-state index in [1.165, 1.54) is 6.92 Å². The Morgan fingerprint density at radius 1 is 1.45 bits per heavy atom. The van der Waals surface area contributed by atoms with E-state index in [2.05, 4.69) is 10.6 Å². The molecule has 112 valence electrons. The maximum absolute atomic E-state index is 12.0. The number of amides is 4. The lowest BCUT2D eigenvalue weighted by molar-refractivity contribution is -0.139. The van der Waals surface area contributed by atoms with Gasteiger partial charge in [-0.25, -0.2) is 9.59 Å². The highest BCUT2D eigenvalue weighted by Crippen LogP contribution is 2.09. The number of carboxylic acids is 1. The quantitative estimate of drug-likeness (QED) is 0.605. The molecule has 2 atom stereocenters. The molecule has 0 aromatic carbocycles. The van der Waals surface area contributed by atoms with Crippen LogP contribution in [-0.2, 0) is 14.4 Å². The molecule has 1 aliphatic rings. The second kappa shape index (κ2) is 6.36. The molecule has 0 aromatic heterocycles. The van der Waals surface area contributed by atoms with E-state index in [0.717, 1.165) is 4.90 Å². The van der Waals surface area contributed by atoms with Gasteiger partial charge >= 0.3 is 12.0 Å². The van der Waals surface area contributed by atoms with E-state index < -0.39 is 35.9 Å². The molecule has 0 bridgehead atoms. The smallest absolute Gasteiger partial charge is 0.326 e. The van der Waals surface area contributed by atoms with Crippen molar-refractivity contribution in [3.63, 3.8) is 0 Å². The zero-order chi connectivity index (χ0) is 15.4. The van der Waals surface area contributed by atoms with Crippen molar-refractivity contribution in [2.75, 3.05) is 6.54 Å². The predicted molar refractivity (Wildman–Crippen MR) is 68.7 cm³/mol. The number of imide groups is 1. The van der Waals surface area contributed by atoms with Crippen LogP contribution in [-0.4, -0.2) is 52.4 Å². The van der Waals surface area contributed by atoms with Crippen LogP contribution in [0.4, 0.5) is 4.79 Å². The number of carbonyl (C=O) groups excluding carboxylic acids is 3. The molecule has 0 spiro atoms. The van der Waals surface area contributed by atoms with Gasteiger partial charge in [-0.3, -0.25) is 14.9 Å². The minimum absolute atomic E-state index is 0.0834. The predicted octanol–water partition coefficient (Wildman–Crippen LogP) is -0.458. The molecule has 1 aliphatic heterocycles. The van der Waals surface area contributed by atoms with Crippen molar-refractivity contribution in [3.8, 4) is 0 Å². The number of nitrogens with one attached hydrogen (secondary N) is 2. The Morgan fingerprint density at radius 2 is 2.05 bits per heavy atom. The van der Waals surface area contributed by atoms with Crippen LogP contribution < -0.4 is 10.6 Å². The second-order valence-electron chi connectivity index (χ2n) is 5.19. The van der Waals surface area contributed by atoms with E-state index in [1.54, 1.807) is 0 Å². The molecular formula is C12H19N3O5. The third-order valence-electron chi connectivity index (χ3n) is 2.99. The van der Waals surface area contributed by atoms with Crippen LogP contribution in [0.1, 0.15) is 27.2 Å². The number of rotatable bonds is 4. The van der Waals surface area contributed by atoms with Gasteiger partial charge in [0.05, 0.1) is 0 Å². The zero-order valence-electron chi connectivity index (χ0n) is 11.7. The first-order valence-electron chi connectivity index (χ1n) is 6.36. The first kappa shape index (κ1) is 15.9. The van der Waals surface area contributed by atoms with Crippen LogP contribution >= 0.6 is 0 Å². The summed E-state index contributed by atoms with van der Waals surface area (Å²) in [5, 5.41) is 13.5. The molecule has 1 fully saturated rings. The molecule has 0 radical (unpaired) electrons. The number of carbonyl (C=O) groups is 4. The van der Waals surface area contributed by atoms with Gasteiger partial charge in [0, 0.05) is 0 Å². The van der Waals surface area contributed by atoms with Crippen molar-refractivity contribution in [2.24, 2.45) is 5.92 Å². The van der Waals surface area contributed by atoms with Crippen LogP contribution in [0, 0.1) is 5.92 Å². The van der Waals surface area contributed by atoms with E-state index in [1.807, 2.05) is 13.8 Å². The number of piperazine rings is 1. The van der Waals surface area contributed by atoms with E-state index >= 15 is 0 Å². The van der Waals surface area contributed by atoms with Gasteiger partial charge in [-0.05, 0) is 19.3 Å². The molecule has 1 heterocycles. The minimum atomic E-state index is -1.15. The third kappa shape index (κ3) is 3.94. The van der Waals surface area contributed by atoms with Gasteiger partial charge < -0.3 is 15.3 Å². The van der Waals surface area contributed by atoms with E-state index in [9.17, 15) is 19.2 Å². The van der Waals surface area contributed by atoms with Gasteiger partial charge in [-0.15, -0.1) is 0 Å². The summed E-state index contributed by atoms with van der Waals surface area (Å²) in [7, 11) is 0. The van der Waals surface area contributed by atoms with Gasteiger partial charge in [0.2, 0.25) is 11.8 Å². The summed E-state index contributed by atoms with van der Waals surface area (Å²) in [6.07, 6.45) is 0.267. The van der Waals surface area contributed by atoms with E-state index in [0.29, 0.717) is 0 Å². The molecule has 20 heavy (non-hydrogen) atoms. The maximum Gasteiger partial charge on any atom is 0.326 e. The Balaban J connectivity index is 2.75. The first-order chi connectivity index (χ1) is 9.22. The number of urea groups is 1. The highest BCUT2D eigenvalue weighted by molar-refractivity contribution is 6.04.